The van der Waals surface area contributed by atoms with E-state index in [-0.39, 0.29) is 12.3 Å². The molecule has 17 heavy (non-hydrogen) atoms. The minimum atomic E-state index is -3.40. The van der Waals surface area contributed by atoms with E-state index in [0.717, 1.165) is 0 Å². The molecule has 0 fully saturated rings. The van der Waals surface area contributed by atoms with E-state index in [9.17, 15) is 18.0 Å². The van der Waals surface area contributed by atoms with Crippen LogP contribution in [0.5, 0.6) is 0 Å². The van der Waals surface area contributed by atoms with Gasteiger partial charge >= 0.3 is 12.0 Å². The van der Waals surface area contributed by atoms with Crippen molar-refractivity contribution in [3.63, 3.8) is 0 Å². The van der Waals surface area contributed by atoms with E-state index in [1.54, 1.807) is 0 Å². The molecule has 5 N–H and O–H groups in total. The molecule has 0 aliphatic carbocycles. The summed E-state index contributed by atoms with van der Waals surface area (Å²) in [6.07, 6.45) is -1.69. The van der Waals surface area contributed by atoms with Crippen LogP contribution in [-0.2, 0) is 14.8 Å². The average molecular weight is 269 g/mol. The number of rotatable bonds is 7. The molecule has 0 radical (unpaired) electrons. The van der Waals surface area contributed by atoms with E-state index < -0.39 is 34.7 Å². The van der Waals surface area contributed by atoms with Gasteiger partial charge in [0.05, 0.1) is 12.3 Å². The summed E-state index contributed by atoms with van der Waals surface area (Å²) in [5, 5.41) is 21.4. The normalized spacial score (nSPS) is 12.8. The molecule has 10 heteroatoms. The van der Waals surface area contributed by atoms with Crippen molar-refractivity contribution in [2.45, 2.75) is 6.10 Å². The Morgan fingerprint density at radius 2 is 1.88 bits per heavy atom. The highest BCUT2D eigenvalue weighted by Gasteiger charge is 2.14. The van der Waals surface area contributed by atoms with E-state index in [1.165, 1.54) is 7.05 Å². The van der Waals surface area contributed by atoms with Crippen molar-refractivity contribution in [1.82, 2.24) is 15.4 Å². The summed E-state index contributed by atoms with van der Waals surface area (Å²) >= 11 is 0. The van der Waals surface area contributed by atoms with Crippen molar-refractivity contribution >= 4 is 22.0 Å². The summed E-state index contributed by atoms with van der Waals surface area (Å²) in [6, 6.07) is -0.753. The number of aliphatic hydroxyl groups is 1. The first-order valence-electron chi connectivity index (χ1n) is 4.62. The molecular formula is C7H15N3O6S. The lowest BCUT2D eigenvalue weighted by Crippen LogP contribution is -2.43. The predicted octanol–water partition coefficient (Wildman–Crippen LogP) is -2.72. The number of aliphatic carboxylic acids is 1. The minimum absolute atomic E-state index is 0.127. The number of urea groups is 1. The summed E-state index contributed by atoms with van der Waals surface area (Å²) in [5.74, 6) is -1.75. The summed E-state index contributed by atoms with van der Waals surface area (Å²) in [4.78, 5) is 21.2. The molecule has 0 aromatic heterocycles. The highest BCUT2D eigenvalue weighted by atomic mass is 32.2. The molecule has 2 amide bonds. The third-order valence-corrected chi connectivity index (χ3v) is 3.07. The Balaban J connectivity index is 3.78. The van der Waals surface area contributed by atoms with Gasteiger partial charge in [-0.3, -0.25) is 0 Å². The molecule has 100 valence electrons. The van der Waals surface area contributed by atoms with Crippen molar-refractivity contribution in [3.05, 3.63) is 0 Å². The molecule has 0 rings (SSSR count). The summed E-state index contributed by atoms with van der Waals surface area (Å²) in [5.41, 5.74) is 0. The van der Waals surface area contributed by atoms with Crippen LogP contribution in [0.2, 0.25) is 0 Å². The molecular weight excluding hydrogens is 254 g/mol. The van der Waals surface area contributed by atoms with E-state index in [0.29, 0.717) is 0 Å². The molecule has 0 saturated carbocycles. The number of hydrogen-bond donors (Lipinski definition) is 5. The van der Waals surface area contributed by atoms with Gasteiger partial charge in [0, 0.05) is 6.54 Å². The van der Waals surface area contributed by atoms with Crippen LogP contribution < -0.4 is 15.4 Å². The van der Waals surface area contributed by atoms with Crippen LogP contribution in [0.4, 0.5) is 4.79 Å². The fraction of sp³-hybridized carbons (Fsp3) is 0.714. The maximum absolute atomic E-state index is 11.0. The molecule has 0 heterocycles. The van der Waals surface area contributed by atoms with Gasteiger partial charge in [-0.25, -0.2) is 22.7 Å². The number of amides is 2. The predicted molar refractivity (Wildman–Crippen MR) is 57.9 cm³/mol. The van der Waals surface area contributed by atoms with Crippen molar-refractivity contribution < 1.29 is 28.2 Å². The lowest BCUT2D eigenvalue weighted by atomic mass is 10.4. The Hall–Kier alpha value is -1.39. The Bertz CT molecular complexity index is 368. The highest BCUT2D eigenvalue weighted by Crippen LogP contribution is 1.81. The first-order chi connectivity index (χ1) is 7.78. The molecule has 0 spiro atoms. The zero-order chi connectivity index (χ0) is 13.5. The fourth-order valence-corrected chi connectivity index (χ4v) is 1.32. The molecule has 9 nitrogen and oxygen atoms in total. The number of aliphatic hydroxyl groups excluding tert-OH is 1. The van der Waals surface area contributed by atoms with E-state index in [4.69, 9.17) is 10.2 Å². The molecule has 0 aliphatic heterocycles. The number of hydrogen-bond acceptors (Lipinski definition) is 5. The Labute approximate surface area is 98.3 Å². The summed E-state index contributed by atoms with van der Waals surface area (Å²) in [6.45, 7) is -0.585. The summed E-state index contributed by atoms with van der Waals surface area (Å²) < 4.78 is 23.9. The van der Waals surface area contributed by atoms with Crippen LogP contribution in [0, 0.1) is 0 Å². The van der Waals surface area contributed by atoms with Gasteiger partial charge in [-0.1, -0.05) is 0 Å². The lowest BCUT2D eigenvalue weighted by Gasteiger charge is -2.09. The quantitative estimate of drug-likeness (QED) is 0.339. The smallest absolute Gasteiger partial charge is 0.334 e. The third kappa shape index (κ3) is 7.49. The van der Waals surface area contributed by atoms with Crippen LogP contribution in [-0.4, -0.2) is 62.6 Å². The standard InChI is InChI=1S/C7H15N3O6S/c1-8-17(15,16)3-2-9-7(14)10-4-5(11)6(12)13/h5,8,11H,2-4H2,1H3,(H,12,13)(H2,9,10,14). The number of nitrogens with one attached hydrogen (secondary N) is 3. The number of carboxylic acid groups (broad SMARTS) is 1. The number of carboxylic acids is 1. The molecule has 0 aromatic rings. The molecule has 0 saturated heterocycles. The molecule has 1 atom stereocenters. The second kappa shape index (κ2) is 7.04. The van der Waals surface area contributed by atoms with Gasteiger partial charge < -0.3 is 20.8 Å². The van der Waals surface area contributed by atoms with Gasteiger partial charge in [-0.2, -0.15) is 0 Å². The third-order valence-electron chi connectivity index (χ3n) is 1.71. The van der Waals surface area contributed by atoms with Gasteiger partial charge in [-0.15, -0.1) is 0 Å². The van der Waals surface area contributed by atoms with Crippen LogP contribution in [0.1, 0.15) is 0 Å². The average Bonchev–Trinajstić information content (AvgIpc) is 2.25. The topological polar surface area (TPSA) is 145 Å². The monoisotopic (exact) mass is 269 g/mol. The minimum Gasteiger partial charge on any atom is -0.479 e. The number of carbonyl (C=O) groups is 2. The van der Waals surface area contributed by atoms with Crippen LogP contribution in [0.3, 0.4) is 0 Å². The van der Waals surface area contributed by atoms with E-state index in [2.05, 4.69) is 15.4 Å². The largest absolute Gasteiger partial charge is 0.479 e. The van der Waals surface area contributed by atoms with Crippen molar-refractivity contribution in [2.75, 3.05) is 25.9 Å². The maximum atomic E-state index is 11.0. The number of sulfonamides is 1. The van der Waals surface area contributed by atoms with Gasteiger partial charge in [0.1, 0.15) is 0 Å². The Morgan fingerprint density at radius 3 is 2.35 bits per heavy atom. The molecule has 0 bridgehead atoms. The zero-order valence-corrected chi connectivity index (χ0v) is 9.95. The fourth-order valence-electron chi connectivity index (χ4n) is 0.740. The highest BCUT2D eigenvalue weighted by molar-refractivity contribution is 7.89. The van der Waals surface area contributed by atoms with Crippen LogP contribution in [0.25, 0.3) is 0 Å². The molecule has 0 aliphatic rings. The van der Waals surface area contributed by atoms with E-state index >= 15 is 0 Å². The second-order valence-electron chi connectivity index (χ2n) is 3.01. The number of carbonyl (C=O) groups excluding carboxylic acids is 1. The van der Waals surface area contributed by atoms with E-state index in [1.807, 2.05) is 0 Å². The lowest BCUT2D eigenvalue weighted by molar-refractivity contribution is -0.146. The van der Waals surface area contributed by atoms with Gasteiger partial charge in [0.15, 0.2) is 6.10 Å². The van der Waals surface area contributed by atoms with Gasteiger partial charge in [-0.05, 0) is 7.05 Å². The van der Waals surface area contributed by atoms with Crippen LogP contribution in [0.15, 0.2) is 0 Å². The van der Waals surface area contributed by atoms with Crippen LogP contribution >= 0.6 is 0 Å². The second-order valence-corrected chi connectivity index (χ2v) is 5.06. The SMILES string of the molecule is CNS(=O)(=O)CCNC(=O)NCC(O)C(=O)O. The molecule has 1 unspecified atom stereocenters. The Kier molecular flexibility index (Phi) is 6.46. The first-order valence-corrected chi connectivity index (χ1v) is 6.27. The van der Waals surface area contributed by atoms with Gasteiger partial charge in [0.2, 0.25) is 10.0 Å². The summed E-state index contributed by atoms with van der Waals surface area (Å²) in [7, 11) is -2.15. The van der Waals surface area contributed by atoms with Crippen molar-refractivity contribution in [2.24, 2.45) is 0 Å². The molecule has 0 aromatic carbocycles. The maximum Gasteiger partial charge on any atom is 0.334 e. The Morgan fingerprint density at radius 1 is 1.29 bits per heavy atom. The first kappa shape index (κ1) is 15.6. The van der Waals surface area contributed by atoms with Crippen molar-refractivity contribution in [3.8, 4) is 0 Å². The van der Waals surface area contributed by atoms with Gasteiger partial charge in [0.25, 0.3) is 0 Å². The van der Waals surface area contributed by atoms with Crippen molar-refractivity contribution in [1.29, 1.82) is 0 Å². The zero-order valence-electron chi connectivity index (χ0n) is 9.13.